The fraction of sp³-hybridized carbons (Fsp3) is 0.667. The maximum absolute atomic E-state index is 11.5. The van der Waals surface area contributed by atoms with Crippen molar-refractivity contribution in [2.24, 2.45) is 0 Å². The SMILES string of the molecule is CC(S)(CCO)C(=O)ON1C(=O)CCC1=O. The molecule has 1 aliphatic heterocycles. The Labute approximate surface area is 97.9 Å². The number of amides is 2. The predicted molar refractivity (Wildman–Crippen MR) is 56.3 cm³/mol. The lowest BCUT2D eigenvalue weighted by molar-refractivity contribution is -0.199. The summed E-state index contributed by atoms with van der Waals surface area (Å²) in [5.41, 5.74) is 0. The van der Waals surface area contributed by atoms with Crippen LogP contribution >= 0.6 is 12.6 Å². The molecule has 1 unspecified atom stereocenters. The topological polar surface area (TPSA) is 83.9 Å². The Kier molecular flexibility index (Phi) is 3.93. The first kappa shape index (κ1) is 13.0. The van der Waals surface area contributed by atoms with Gasteiger partial charge in [0.1, 0.15) is 4.75 Å². The van der Waals surface area contributed by atoms with Crippen LogP contribution in [0.4, 0.5) is 0 Å². The van der Waals surface area contributed by atoms with Gasteiger partial charge in [0.05, 0.1) is 0 Å². The third-order valence-corrected chi connectivity index (χ3v) is 2.62. The van der Waals surface area contributed by atoms with Crippen LogP contribution in [0.5, 0.6) is 0 Å². The zero-order valence-corrected chi connectivity index (χ0v) is 9.70. The van der Waals surface area contributed by atoms with Gasteiger partial charge in [0, 0.05) is 19.4 Å². The molecule has 1 N–H and O–H groups in total. The van der Waals surface area contributed by atoms with Gasteiger partial charge < -0.3 is 9.94 Å². The van der Waals surface area contributed by atoms with Crippen LogP contribution < -0.4 is 0 Å². The number of carbonyl (C=O) groups excluding carboxylic acids is 3. The van der Waals surface area contributed by atoms with Crippen molar-refractivity contribution in [2.75, 3.05) is 6.61 Å². The first-order valence-corrected chi connectivity index (χ1v) is 5.24. The Morgan fingerprint density at radius 2 is 2.00 bits per heavy atom. The van der Waals surface area contributed by atoms with E-state index in [9.17, 15) is 14.4 Å². The monoisotopic (exact) mass is 247 g/mol. The van der Waals surface area contributed by atoms with Crippen molar-refractivity contribution in [1.82, 2.24) is 5.06 Å². The van der Waals surface area contributed by atoms with E-state index in [1.54, 1.807) is 0 Å². The van der Waals surface area contributed by atoms with Crippen molar-refractivity contribution in [2.45, 2.75) is 30.9 Å². The van der Waals surface area contributed by atoms with Crippen molar-refractivity contribution in [3.63, 3.8) is 0 Å². The largest absolute Gasteiger partial charge is 0.396 e. The van der Waals surface area contributed by atoms with Crippen LogP contribution in [-0.4, -0.2) is 39.3 Å². The minimum Gasteiger partial charge on any atom is -0.396 e. The van der Waals surface area contributed by atoms with Crippen LogP contribution in [0.25, 0.3) is 0 Å². The lowest BCUT2D eigenvalue weighted by Gasteiger charge is -2.22. The lowest BCUT2D eigenvalue weighted by atomic mass is 10.1. The number of imide groups is 1. The molecular weight excluding hydrogens is 234 g/mol. The molecule has 7 heteroatoms. The molecular formula is C9H13NO5S. The third kappa shape index (κ3) is 2.73. The summed E-state index contributed by atoms with van der Waals surface area (Å²) in [7, 11) is 0. The maximum Gasteiger partial charge on any atom is 0.348 e. The number of aliphatic hydroxyl groups is 1. The van der Waals surface area contributed by atoms with E-state index in [4.69, 9.17) is 5.11 Å². The number of rotatable bonds is 4. The second-order valence-electron chi connectivity index (χ2n) is 3.71. The van der Waals surface area contributed by atoms with Gasteiger partial charge in [-0.15, -0.1) is 5.06 Å². The average Bonchev–Trinajstić information content (AvgIpc) is 2.49. The van der Waals surface area contributed by atoms with E-state index in [-0.39, 0.29) is 25.9 Å². The molecule has 6 nitrogen and oxygen atoms in total. The van der Waals surface area contributed by atoms with Gasteiger partial charge in [-0.3, -0.25) is 9.59 Å². The fourth-order valence-corrected chi connectivity index (χ4v) is 1.30. The van der Waals surface area contributed by atoms with Gasteiger partial charge in [-0.25, -0.2) is 4.79 Å². The molecule has 1 atom stereocenters. The molecule has 0 aromatic rings. The molecule has 0 aliphatic carbocycles. The minimum absolute atomic E-state index is 0.0510. The Balaban J connectivity index is 2.63. The highest BCUT2D eigenvalue weighted by Gasteiger charge is 2.38. The maximum atomic E-state index is 11.5. The molecule has 16 heavy (non-hydrogen) atoms. The molecule has 1 heterocycles. The second kappa shape index (κ2) is 4.84. The molecule has 0 bridgehead atoms. The molecule has 0 radical (unpaired) electrons. The molecule has 1 rings (SSSR count). The summed E-state index contributed by atoms with van der Waals surface area (Å²) < 4.78 is -1.22. The van der Waals surface area contributed by atoms with Crippen LogP contribution in [0.1, 0.15) is 26.2 Å². The first-order chi connectivity index (χ1) is 7.38. The molecule has 0 aromatic heterocycles. The number of aliphatic hydroxyl groups excluding tert-OH is 1. The summed E-state index contributed by atoms with van der Waals surface area (Å²) in [4.78, 5) is 38.5. The molecule has 1 saturated heterocycles. The number of hydrogen-bond acceptors (Lipinski definition) is 6. The van der Waals surface area contributed by atoms with E-state index in [1.165, 1.54) is 6.92 Å². The van der Waals surface area contributed by atoms with E-state index >= 15 is 0 Å². The van der Waals surface area contributed by atoms with Crippen LogP contribution in [-0.2, 0) is 19.2 Å². The van der Waals surface area contributed by atoms with E-state index in [2.05, 4.69) is 17.5 Å². The van der Waals surface area contributed by atoms with Crippen molar-refractivity contribution in [3.05, 3.63) is 0 Å². The van der Waals surface area contributed by atoms with Gasteiger partial charge >= 0.3 is 5.97 Å². The Morgan fingerprint density at radius 1 is 1.50 bits per heavy atom. The van der Waals surface area contributed by atoms with Gasteiger partial charge in [0.15, 0.2) is 0 Å². The number of carbonyl (C=O) groups is 3. The highest BCUT2D eigenvalue weighted by Crippen LogP contribution is 2.22. The van der Waals surface area contributed by atoms with E-state index in [1.807, 2.05) is 0 Å². The number of thiol groups is 1. The summed E-state index contributed by atoms with van der Waals surface area (Å²) in [5.74, 6) is -1.90. The Bertz CT molecular complexity index is 312. The molecule has 90 valence electrons. The first-order valence-electron chi connectivity index (χ1n) is 4.80. The average molecular weight is 247 g/mol. The number of hydrogen-bond donors (Lipinski definition) is 2. The zero-order valence-electron chi connectivity index (χ0n) is 8.80. The van der Waals surface area contributed by atoms with Gasteiger partial charge in [0.2, 0.25) is 0 Å². The van der Waals surface area contributed by atoms with Crippen molar-refractivity contribution in [3.8, 4) is 0 Å². The third-order valence-electron chi connectivity index (χ3n) is 2.22. The highest BCUT2D eigenvalue weighted by atomic mass is 32.1. The lowest BCUT2D eigenvalue weighted by Crippen LogP contribution is -2.40. The summed E-state index contributed by atoms with van der Waals surface area (Å²) in [5, 5.41) is 9.18. The minimum atomic E-state index is -1.22. The predicted octanol–water partition coefficient (Wildman–Crippen LogP) is -0.336. The Hall–Kier alpha value is -1.08. The quantitative estimate of drug-likeness (QED) is 0.524. The summed E-state index contributed by atoms with van der Waals surface area (Å²) in [6.07, 6.45) is 0.177. The van der Waals surface area contributed by atoms with Crippen molar-refractivity contribution in [1.29, 1.82) is 0 Å². The van der Waals surface area contributed by atoms with Gasteiger partial charge in [-0.2, -0.15) is 12.6 Å². The molecule has 1 fully saturated rings. The molecule has 2 amide bonds. The molecule has 1 aliphatic rings. The standard InChI is InChI=1S/C9H13NO5S/c1-9(16,4-5-11)8(14)15-10-6(12)2-3-7(10)13/h11,16H,2-5H2,1H3. The Morgan fingerprint density at radius 3 is 2.44 bits per heavy atom. The van der Waals surface area contributed by atoms with Crippen LogP contribution in [0.2, 0.25) is 0 Å². The van der Waals surface area contributed by atoms with Crippen LogP contribution in [0, 0.1) is 0 Å². The van der Waals surface area contributed by atoms with Gasteiger partial charge in [-0.05, 0) is 13.3 Å². The van der Waals surface area contributed by atoms with Gasteiger partial charge in [0.25, 0.3) is 11.8 Å². The highest BCUT2D eigenvalue weighted by molar-refractivity contribution is 7.82. The molecule has 0 saturated carbocycles. The van der Waals surface area contributed by atoms with Gasteiger partial charge in [-0.1, -0.05) is 0 Å². The fourth-order valence-electron chi connectivity index (χ4n) is 1.16. The number of hydroxylamine groups is 2. The van der Waals surface area contributed by atoms with E-state index < -0.39 is 22.5 Å². The second-order valence-corrected chi connectivity index (χ2v) is 4.70. The molecule has 0 spiro atoms. The van der Waals surface area contributed by atoms with Crippen molar-refractivity contribution >= 4 is 30.4 Å². The summed E-state index contributed by atoms with van der Waals surface area (Å²) in [6, 6.07) is 0. The molecule has 0 aromatic carbocycles. The van der Waals surface area contributed by atoms with E-state index in [0.717, 1.165) is 0 Å². The van der Waals surface area contributed by atoms with Crippen LogP contribution in [0.3, 0.4) is 0 Å². The number of nitrogens with zero attached hydrogens (tertiary/aromatic N) is 1. The van der Waals surface area contributed by atoms with Crippen molar-refractivity contribution < 1.29 is 24.3 Å². The summed E-state index contributed by atoms with van der Waals surface area (Å²) >= 11 is 4.01. The van der Waals surface area contributed by atoms with E-state index in [0.29, 0.717) is 5.06 Å². The normalized spacial score (nSPS) is 19.8. The zero-order chi connectivity index (χ0) is 12.3. The summed E-state index contributed by atoms with van der Waals surface area (Å²) in [6.45, 7) is 1.21. The smallest absolute Gasteiger partial charge is 0.348 e. The van der Waals surface area contributed by atoms with Crippen LogP contribution in [0.15, 0.2) is 0 Å².